The Balaban J connectivity index is 0.00000204. The van der Waals surface area contributed by atoms with Crippen LogP contribution in [0, 0.1) is 5.41 Å². The molecule has 0 saturated heterocycles. The summed E-state index contributed by atoms with van der Waals surface area (Å²) in [6.07, 6.45) is 12.2. The van der Waals surface area contributed by atoms with E-state index in [4.69, 9.17) is 0 Å². The van der Waals surface area contributed by atoms with Crippen LogP contribution in [0.2, 0.25) is 0 Å². The van der Waals surface area contributed by atoms with Crippen LogP contribution in [0.4, 0.5) is 0 Å². The van der Waals surface area contributed by atoms with Crippen molar-refractivity contribution in [3.05, 3.63) is 95.1 Å². The molecule has 0 spiro atoms. The van der Waals surface area contributed by atoms with Crippen LogP contribution in [-0.2, 0) is 37.0 Å². The molecule has 0 saturated carbocycles. The van der Waals surface area contributed by atoms with Gasteiger partial charge in [-0.2, -0.15) is 0 Å². The number of benzene rings is 2. The second-order valence-corrected chi connectivity index (χ2v) is 12.1. The summed E-state index contributed by atoms with van der Waals surface area (Å²) in [4.78, 5) is 0. The SMILES string of the molecule is C=CCCC(C)(C1=CC=CC1)C1c2cc(C(C)(C)C)ccc2-c2ccc(C(C)(C)C)cc21.[Cl-].[Cl-].[Zr+2]. The first-order valence-electron chi connectivity index (χ1n) is 12.2. The van der Waals surface area contributed by atoms with Gasteiger partial charge in [0.05, 0.1) is 0 Å². The fraction of sp³-hybridized carbons (Fsp3) is 0.438. The van der Waals surface area contributed by atoms with Crippen LogP contribution in [0.1, 0.15) is 95.9 Å². The quantitative estimate of drug-likeness (QED) is 0.472. The summed E-state index contributed by atoms with van der Waals surface area (Å²) in [6, 6.07) is 14.5. The van der Waals surface area contributed by atoms with Crippen molar-refractivity contribution in [1.29, 1.82) is 0 Å². The molecule has 0 amide bonds. The Morgan fingerprint density at radius 1 is 0.829 bits per heavy atom. The van der Waals surface area contributed by atoms with Crippen molar-refractivity contribution in [3.8, 4) is 11.1 Å². The van der Waals surface area contributed by atoms with Crippen molar-refractivity contribution in [2.75, 3.05) is 0 Å². The van der Waals surface area contributed by atoms with Crippen LogP contribution in [0.25, 0.3) is 11.1 Å². The van der Waals surface area contributed by atoms with Crippen molar-refractivity contribution >= 4 is 0 Å². The first-order valence-corrected chi connectivity index (χ1v) is 12.2. The molecule has 0 aromatic heterocycles. The van der Waals surface area contributed by atoms with Gasteiger partial charge < -0.3 is 24.8 Å². The Morgan fingerprint density at radius 3 is 1.69 bits per heavy atom. The minimum atomic E-state index is 0. The molecule has 35 heavy (non-hydrogen) atoms. The van der Waals surface area contributed by atoms with Gasteiger partial charge in [0.15, 0.2) is 0 Å². The molecule has 0 bridgehead atoms. The number of hydrogen-bond acceptors (Lipinski definition) is 0. The van der Waals surface area contributed by atoms with Crippen LogP contribution >= 0.6 is 0 Å². The zero-order valence-electron chi connectivity index (χ0n) is 22.4. The molecular weight excluding hydrogens is 546 g/mol. The topological polar surface area (TPSA) is 0 Å². The van der Waals surface area contributed by atoms with Crippen LogP contribution in [0.15, 0.2) is 72.9 Å². The predicted molar refractivity (Wildman–Crippen MR) is 140 cm³/mol. The van der Waals surface area contributed by atoms with Crippen LogP contribution < -0.4 is 24.8 Å². The van der Waals surface area contributed by atoms with E-state index in [1.807, 2.05) is 0 Å². The molecular formula is C32H40Cl2Zr. The molecule has 1 unspecified atom stereocenters. The van der Waals surface area contributed by atoms with Gasteiger partial charge in [-0.15, -0.1) is 6.58 Å². The van der Waals surface area contributed by atoms with Gasteiger partial charge in [0.25, 0.3) is 0 Å². The Labute approximate surface area is 245 Å². The first kappa shape index (κ1) is 32.2. The summed E-state index contributed by atoms with van der Waals surface area (Å²) < 4.78 is 0. The predicted octanol–water partition coefficient (Wildman–Crippen LogP) is 3.26. The largest absolute Gasteiger partial charge is 2.00 e. The summed E-state index contributed by atoms with van der Waals surface area (Å²) in [5.74, 6) is 0.364. The molecule has 2 aromatic carbocycles. The van der Waals surface area contributed by atoms with Crippen molar-refractivity contribution < 1.29 is 51.0 Å². The van der Waals surface area contributed by atoms with Crippen molar-refractivity contribution in [2.24, 2.45) is 5.41 Å². The fourth-order valence-electron chi connectivity index (χ4n) is 5.64. The molecule has 2 aliphatic rings. The van der Waals surface area contributed by atoms with E-state index in [1.54, 1.807) is 5.57 Å². The van der Waals surface area contributed by atoms with Gasteiger partial charge in [-0.25, -0.2) is 0 Å². The minimum absolute atomic E-state index is 0. The third kappa shape index (κ3) is 6.00. The van der Waals surface area contributed by atoms with E-state index in [2.05, 4.69) is 116 Å². The standard InChI is InChI=1S/C32H40.2ClH.Zr/c1-9-10-19-32(8,22-13-11-12-14-22)29-27-20-23(30(2,3)4)15-17-25(27)26-18-16-24(21-28(26)29)31(5,6)7;;;/h9,11-13,15-18,20-21,29H,1,10,14,19H2,2-8H3;2*1H;/q;;;+2/p-2. The van der Waals surface area contributed by atoms with Crippen molar-refractivity contribution in [2.45, 2.75) is 84.5 Å². The molecule has 0 nitrogen and oxygen atoms in total. The van der Waals surface area contributed by atoms with E-state index < -0.39 is 0 Å². The molecule has 0 N–H and O–H groups in total. The van der Waals surface area contributed by atoms with Crippen LogP contribution in [0.5, 0.6) is 0 Å². The monoisotopic (exact) mass is 584 g/mol. The molecule has 0 radical (unpaired) electrons. The average Bonchev–Trinajstić information content (AvgIpc) is 3.36. The van der Waals surface area contributed by atoms with Gasteiger partial charge in [-0.3, -0.25) is 0 Å². The Kier molecular flexibility index (Phi) is 10.7. The molecule has 0 heterocycles. The van der Waals surface area contributed by atoms with E-state index in [0.29, 0.717) is 5.92 Å². The van der Waals surface area contributed by atoms with Gasteiger partial charge in [0.2, 0.25) is 0 Å². The summed E-state index contributed by atoms with van der Waals surface area (Å²) in [7, 11) is 0. The van der Waals surface area contributed by atoms with Gasteiger partial charge in [-0.05, 0) is 63.5 Å². The number of halogens is 2. The molecule has 1 atom stereocenters. The van der Waals surface area contributed by atoms with Crippen LogP contribution in [0.3, 0.4) is 0 Å². The normalized spacial score (nSPS) is 16.1. The summed E-state index contributed by atoms with van der Waals surface area (Å²) in [5, 5.41) is 0. The minimum Gasteiger partial charge on any atom is -1.00 e. The van der Waals surface area contributed by atoms with Crippen molar-refractivity contribution in [1.82, 2.24) is 0 Å². The maximum atomic E-state index is 4.06. The molecule has 3 heteroatoms. The summed E-state index contributed by atoms with van der Waals surface area (Å²) >= 11 is 0. The van der Waals surface area contributed by atoms with Gasteiger partial charge in [0.1, 0.15) is 0 Å². The Morgan fingerprint density at radius 2 is 1.31 bits per heavy atom. The number of hydrogen-bond donors (Lipinski definition) is 0. The molecule has 0 fully saturated rings. The third-order valence-corrected chi connectivity index (χ3v) is 7.76. The second kappa shape index (κ2) is 11.7. The molecule has 0 aliphatic heterocycles. The van der Waals surface area contributed by atoms with E-state index in [-0.39, 0.29) is 67.3 Å². The zero-order valence-corrected chi connectivity index (χ0v) is 26.4. The average molecular weight is 587 g/mol. The second-order valence-electron chi connectivity index (χ2n) is 12.1. The smallest absolute Gasteiger partial charge is 1.00 e. The fourth-order valence-corrected chi connectivity index (χ4v) is 5.64. The molecule has 2 aromatic rings. The van der Waals surface area contributed by atoms with E-state index >= 15 is 0 Å². The number of fused-ring (bicyclic) bond motifs is 3. The van der Waals surface area contributed by atoms with Gasteiger partial charge in [0, 0.05) is 11.3 Å². The van der Waals surface area contributed by atoms with Gasteiger partial charge in [-0.1, -0.05) is 115 Å². The summed E-state index contributed by atoms with van der Waals surface area (Å²) in [5.41, 5.74) is 10.6. The first-order chi connectivity index (χ1) is 15.0. The maximum absolute atomic E-state index is 4.06. The van der Waals surface area contributed by atoms with E-state index in [1.165, 1.54) is 33.4 Å². The maximum Gasteiger partial charge on any atom is 2.00 e. The number of rotatable bonds is 5. The van der Waals surface area contributed by atoms with Crippen LogP contribution in [-0.4, -0.2) is 0 Å². The molecule has 2 aliphatic carbocycles. The Bertz CT molecular complexity index is 1050. The van der Waals surface area contributed by atoms with E-state index in [9.17, 15) is 0 Å². The zero-order chi connectivity index (χ0) is 23.3. The number of allylic oxidation sites excluding steroid dienone is 5. The third-order valence-electron chi connectivity index (χ3n) is 7.76. The van der Waals surface area contributed by atoms with Gasteiger partial charge >= 0.3 is 26.2 Å². The summed E-state index contributed by atoms with van der Waals surface area (Å²) in [6.45, 7) is 20.5. The molecule has 4 rings (SSSR count). The Hall–Kier alpha value is -0.877. The van der Waals surface area contributed by atoms with E-state index in [0.717, 1.165) is 19.3 Å². The van der Waals surface area contributed by atoms with Crippen molar-refractivity contribution in [3.63, 3.8) is 0 Å². The molecule has 186 valence electrons.